The van der Waals surface area contributed by atoms with Crippen molar-refractivity contribution < 1.29 is 14.2 Å². The van der Waals surface area contributed by atoms with Gasteiger partial charge in [-0.3, -0.25) is 4.98 Å². The molecule has 0 N–H and O–H groups in total. The number of aromatic nitrogens is 3. The molecule has 2 aromatic heterocycles. The first-order valence-electron chi connectivity index (χ1n) is 6.37. The van der Waals surface area contributed by atoms with Crippen molar-refractivity contribution in [2.75, 3.05) is 14.2 Å². The summed E-state index contributed by atoms with van der Waals surface area (Å²) in [7, 11) is 3.16. The van der Waals surface area contributed by atoms with Gasteiger partial charge in [0, 0.05) is 17.6 Å². The maximum absolute atomic E-state index is 5.80. The van der Waals surface area contributed by atoms with Crippen molar-refractivity contribution in [1.82, 2.24) is 15.0 Å². The lowest BCUT2D eigenvalue weighted by Crippen LogP contribution is -1.94. The summed E-state index contributed by atoms with van der Waals surface area (Å²) >= 11 is 5.66. The van der Waals surface area contributed by atoms with Gasteiger partial charge in [-0.25, -0.2) is 9.97 Å². The van der Waals surface area contributed by atoms with Gasteiger partial charge in [-0.1, -0.05) is 0 Å². The lowest BCUT2D eigenvalue weighted by Gasteiger charge is -2.12. The van der Waals surface area contributed by atoms with E-state index in [1.54, 1.807) is 32.5 Å². The lowest BCUT2D eigenvalue weighted by atomic mass is 10.2. The van der Waals surface area contributed by atoms with E-state index in [0.29, 0.717) is 23.0 Å². The molecule has 2 heterocycles. The molecule has 0 aliphatic heterocycles. The van der Waals surface area contributed by atoms with E-state index in [1.807, 2.05) is 6.07 Å². The number of halogens is 1. The second-order valence-corrected chi connectivity index (χ2v) is 4.66. The number of nitrogens with zero attached hydrogens (tertiary/aromatic N) is 3. The molecule has 0 aliphatic carbocycles. The van der Waals surface area contributed by atoms with Crippen LogP contribution in [0.5, 0.6) is 23.0 Å². The highest BCUT2D eigenvalue weighted by molar-refractivity contribution is 6.28. The molecule has 3 aromatic rings. The van der Waals surface area contributed by atoms with Gasteiger partial charge < -0.3 is 14.2 Å². The molecule has 0 aliphatic rings. The van der Waals surface area contributed by atoms with Crippen molar-refractivity contribution in [2.45, 2.75) is 0 Å². The maximum atomic E-state index is 5.80. The molecule has 0 unspecified atom stereocenters. The fourth-order valence-electron chi connectivity index (χ4n) is 2.02. The third-order valence-electron chi connectivity index (χ3n) is 3.03. The average Bonchev–Trinajstić information content (AvgIpc) is 2.56. The predicted molar refractivity (Wildman–Crippen MR) is 82.0 cm³/mol. The maximum Gasteiger partial charge on any atom is 0.222 e. The van der Waals surface area contributed by atoms with Crippen LogP contribution in [0.2, 0.25) is 5.28 Å². The number of hydrogen-bond donors (Lipinski definition) is 0. The highest BCUT2D eigenvalue weighted by Crippen LogP contribution is 2.36. The molecule has 0 spiro atoms. The highest BCUT2D eigenvalue weighted by Gasteiger charge is 2.11. The van der Waals surface area contributed by atoms with Gasteiger partial charge in [0.1, 0.15) is 5.75 Å². The van der Waals surface area contributed by atoms with Gasteiger partial charge in [-0.2, -0.15) is 0 Å². The normalized spacial score (nSPS) is 10.5. The Morgan fingerprint density at radius 2 is 1.59 bits per heavy atom. The minimum atomic E-state index is 0.165. The van der Waals surface area contributed by atoms with Gasteiger partial charge in [-0.15, -0.1) is 0 Å². The van der Waals surface area contributed by atoms with Crippen molar-refractivity contribution in [3.8, 4) is 23.0 Å². The second-order valence-electron chi connectivity index (χ2n) is 4.32. The minimum absolute atomic E-state index is 0.165. The number of rotatable bonds is 4. The summed E-state index contributed by atoms with van der Waals surface area (Å²) in [5.74, 6) is 2.29. The molecular weight excluding hydrogens is 306 g/mol. The summed E-state index contributed by atoms with van der Waals surface area (Å²) < 4.78 is 16.4. The van der Waals surface area contributed by atoms with E-state index in [1.165, 1.54) is 12.4 Å². The Hall–Kier alpha value is -2.60. The van der Waals surface area contributed by atoms with Gasteiger partial charge in [0.05, 0.1) is 32.1 Å². The molecule has 7 heteroatoms. The summed E-state index contributed by atoms with van der Waals surface area (Å²) in [5, 5.41) is 0.952. The van der Waals surface area contributed by atoms with E-state index >= 15 is 0 Å². The number of hydrogen-bond acceptors (Lipinski definition) is 6. The molecule has 22 heavy (non-hydrogen) atoms. The van der Waals surface area contributed by atoms with Crippen LogP contribution in [0, 0.1) is 0 Å². The molecular formula is C15H12ClN3O3. The Balaban J connectivity index is 2.07. The summed E-state index contributed by atoms with van der Waals surface area (Å²) in [5.41, 5.74) is 0.727. The summed E-state index contributed by atoms with van der Waals surface area (Å²) in [4.78, 5) is 12.1. The van der Waals surface area contributed by atoms with Gasteiger partial charge >= 0.3 is 0 Å². The van der Waals surface area contributed by atoms with Crippen LogP contribution in [-0.2, 0) is 0 Å². The monoisotopic (exact) mass is 317 g/mol. The third kappa shape index (κ3) is 2.73. The van der Waals surface area contributed by atoms with Crippen LogP contribution in [0.25, 0.3) is 10.9 Å². The van der Waals surface area contributed by atoms with Crippen LogP contribution < -0.4 is 14.2 Å². The Morgan fingerprint density at radius 1 is 0.909 bits per heavy atom. The first-order valence-corrected chi connectivity index (χ1v) is 6.75. The molecule has 0 atom stereocenters. The Bertz CT molecular complexity index is 809. The van der Waals surface area contributed by atoms with Crippen LogP contribution in [0.1, 0.15) is 0 Å². The Labute approximate surface area is 131 Å². The largest absolute Gasteiger partial charge is 0.493 e. The molecule has 3 rings (SSSR count). The minimum Gasteiger partial charge on any atom is -0.493 e. The number of methoxy groups -OCH3 is 2. The van der Waals surface area contributed by atoms with Gasteiger partial charge in [0.25, 0.3) is 0 Å². The summed E-state index contributed by atoms with van der Waals surface area (Å²) in [6.45, 7) is 0. The van der Waals surface area contributed by atoms with Crippen molar-refractivity contribution in [3.63, 3.8) is 0 Å². The first-order chi connectivity index (χ1) is 10.7. The summed E-state index contributed by atoms with van der Waals surface area (Å²) in [6, 6.07) is 5.36. The van der Waals surface area contributed by atoms with Crippen LogP contribution in [0.4, 0.5) is 0 Å². The van der Waals surface area contributed by atoms with Crippen molar-refractivity contribution in [2.24, 2.45) is 0 Å². The van der Waals surface area contributed by atoms with Gasteiger partial charge in [-0.05, 0) is 23.7 Å². The zero-order chi connectivity index (χ0) is 15.5. The van der Waals surface area contributed by atoms with Gasteiger partial charge in [0.2, 0.25) is 5.28 Å². The quantitative estimate of drug-likeness (QED) is 0.686. The lowest BCUT2D eigenvalue weighted by molar-refractivity contribution is 0.355. The molecule has 6 nitrogen and oxygen atoms in total. The van der Waals surface area contributed by atoms with Gasteiger partial charge in [0.15, 0.2) is 17.2 Å². The predicted octanol–water partition coefficient (Wildman–Crippen LogP) is 3.49. The molecule has 0 saturated carbocycles. The standard InChI is InChI=1S/C15H12ClN3O3/c1-20-13-5-10-11(6-14(13)21-2)17-4-3-12(10)22-9-7-18-15(16)19-8-9/h3-8H,1-2H3. The Morgan fingerprint density at radius 3 is 2.27 bits per heavy atom. The SMILES string of the molecule is COc1cc2nccc(Oc3cnc(Cl)nc3)c2cc1OC. The van der Waals surface area contributed by atoms with Crippen molar-refractivity contribution >= 4 is 22.5 Å². The van der Waals surface area contributed by atoms with Crippen LogP contribution in [-0.4, -0.2) is 29.2 Å². The number of pyridine rings is 1. The molecule has 0 bridgehead atoms. The molecule has 0 fully saturated rings. The van der Waals surface area contributed by atoms with E-state index in [2.05, 4.69) is 15.0 Å². The molecule has 0 radical (unpaired) electrons. The molecule has 112 valence electrons. The zero-order valence-electron chi connectivity index (χ0n) is 11.9. The number of benzene rings is 1. The van der Waals surface area contributed by atoms with Crippen LogP contribution in [0.15, 0.2) is 36.8 Å². The third-order valence-corrected chi connectivity index (χ3v) is 3.23. The van der Waals surface area contributed by atoms with Crippen LogP contribution >= 0.6 is 11.6 Å². The topological polar surface area (TPSA) is 66.4 Å². The molecule has 1 aromatic carbocycles. The van der Waals surface area contributed by atoms with E-state index in [-0.39, 0.29) is 5.28 Å². The van der Waals surface area contributed by atoms with Crippen LogP contribution in [0.3, 0.4) is 0 Å². The van der Waals surface area contributed by atoms with Crippen molar-refractivity contribution in [3.05, 3.63) is 42.1 Å². The van der Waals surface area contributed by atoms with E-state index < -0.39 is 0 Å². The fourth-order valence-corrected chi connectivity index (χ4v) is 2.11. The van der Waals surface area contributed by atoms with Crippen molar-refractivity contribution in [1.29, 1.82) is 0 Å². The zero-order valence-corrected chi connectivity index (χ0v) is 12.7. The Kier molecular flexibility index (Phi) is 3.93. The summed E-state index contributed by atoms with van der Waals surface area (Å²) in [6.07, 6.45) is 4.66. The van der Waals surface area contributed by atoms with E-state index in [4.69, 9.17) is 25.8 Å². The highest BCUT2D eigenvalue weighted by atomic mass is 35.5. The number of ether oxygens (including phenoxy) is 3. The smallest absolute Gasteiger partial charge is 0.222 e. The fraction of sp³-hybridized carbons (Fsp3) is 0.133. The number of fused-ring (bicyclic) bond motifs is 1. The molecule has 0 saturated heterocycles. The second kappa shape index (κ2) is 6.03. The van der Waals surface area contributed by atoms with E-state index in [0.717, 1.165) is 10.9 Å². The van der Waals surface area contributed by atoms with E-state index in [9.17, 15) is 0 Å². The molecule has 0 amide bonds. The first kappa shape index (κ1) is 14.3. The average molecular weight is 318 g/mol.